The molecule has 0 aliphatic rings. The second-order valence-corrected chi connectivity index (χ2v) is 5.32. The van der Waals surface area contributed by atoms with Crippen LogP contribution in [0.3, 0.4) is 0 Å². The number of hydrogen-bond acceptors (Lipinski definition) is 5. The zero-order chi connectivity index (χ0) is 17.7. The van der Waals surface area contributed by atoms with Gasteiger partial charge >= 0.3 is 0 Å². The molecule has 0 bridgehead atoms. The molecular weight excluding hydrogens is 338 g/mol. The molecule has 1 unspecified atom stereocenters. The van der Waals surface area contributed by atoms with Crippen molar-refractivity contribution in [2.24, 2.45) is 0 Å². The van der Waals surface area contributed by atoms with Crippen molar-refractivity contribution < 1.29 is 18.9 Å². The Bertz CT molecular complexity index is 760. The Morgan fingerprint density at radius 2 is 2.12 bits per heavy atom. The fourth-order valence-corrected chi connectivity index (χ4v) is 2.07. The molecule has 0 radical (unpaired) electrons. The maximum absolute atomic E-state index is 12.1. The lowest BCUT2D eigenvalue weighted by Gasteiger charge is -2.13. The van der Waals surface area contributed by atoms with Crippen molar-refractivity contribution in [3.63, 3.8) is 0 Å². The number of amides is 2. The summed E-state index contributed by atoms with van der Waals surface area (Å²) in [7, 11) is 0. The Morgan fingerprint density at radius 3 is 2.75 bits per heavy atom. The van der Waals surface area contributed by atoms with E-state index in [9.17, 15) is 19.7 Å². The lowest BCUT2D eigenvalue weighted by atomic mass is 10.1. The summed E-state index contributed by atoms with van der Waals surface area (Å²) in [5, 5.41) is 15.8. The molecule has 2 aromatic rings. The smallest absolute Gasteiger partial charge is 0.288 e. The molecule has 2 rings (SSSR count). The minimum absolute atomic E-state index is 0.0387. The molecular formula is C15H14ClN3O5. The average molecular weight is 352 g/mol. The van der Waals surface area contributed by atoms with Gasteiger partial charge in [0.15, 0.2) is 0 Å². The van der Waals surface area contributed by atoms with E-state index in [0.717, 1.165) is 6.07 Å². The second kappa shape index (κ2) is 7.60. The fraction of sp³-hybridized carbons (Fsp3) is 0.200. The summed E-state index contributed by atoms with van der Waals surface area (Å²) in [5.74, 6) is -0.450. The van der Waals surface area contributed by atoms with Gasteiger partial charge in [0.25, 0.3) is 11.6 Å². The number of halogens is 1. The van der Waals surface area contributed by atoms with Crippen LogP contribution in [0.25, 0.3) is 0 Å². The maximum atomic E-state index is 12.1. The van der Waals surface area contributed by atoms with Crippen LogP contribution in [0, 0.1) is 10.1 Å². The monoisotopic (exact) mass is 351 g/mol. The summed E-state index contributed by atoms with van der Waals surface area (Å²) >= 11 is 5.70. The summed E-state index contributed by atoms with van der Waals surface area (Å²) < 4.78 is 5.08. The highest BCUT2D eigenvalue weighted by Crippen LogP contribution is 2.25. The molecule has 0 aliphatic carbocycles. The third kappa shape index (κ3) is 4.32. The molecule has 0 fully saturated rings. The van der Waals surface area contributed by atoms with Crippen LogP contribution >= 0.6 is 11.6 Å². The van der Waals surface area contributed by atoms with E-state index in [1.165, 1.54) is 25.3 Å². The largest absolute Gasteiger partial charge is 0.467 e. The quantitative estimate of drug-likeness (QED) is 0.612. The van der Waals surface area contributed by atoms with Gasteiger partial charge in [0.05, 0.1) is 17.7 Å². The van der Waals surface area contributed by atoms with Crippen molar-refractivity contribution >= 4 is 29.1 Å². The maximum Gasteiger partial charge on any atom is 0.288 e. The first-order chi connectivity index (χ1) is 11.4. The van der Waals surface area contributed by atoms with Crippen LogP contribution in [0.15, 0.2) is 41.0 Å². The first kappa shape index (κ1) is 17.5. The van der Waals surface area contributed by atoms with Crippen LogP contribution < -0.4 is 10.6 Å². The summed E-state index contributed by atoms with van der Waals surface area (Å²) in [5.41, 5.74) is -0.337. The van der Waals surface area contributed by atoms with Gasteiger partial charge in [-0.3, -0.25) is 19.7 Å². The van der Waals surface area contributed by atoms with E-state index in [1.54, 1.807) is 12.1 Å². The predicted molar refractivity (Wildman–Crippen MR) is 85.6 cm³/mol. The summed E-state index contributed by atoms with van der Waals surface area (Å²) in [4.78, 5) is 34.2. The number of carbonyl (C=O) groups is 2. The van der Waals surface area contributed by atoms with E-state index in [4.69, 9.17) is 16.0 Å². The van der Waals surface area contributed by atoms with Crippen LogP contribution in [0.5, 0.6) is 0 Å². The Kier molecular flexibility index (Phi) is 5.54. The van der Waals surface area contributed by atoms with E-state index in [2.05, 4.69) is 10.6 Å². The molecule has 2 amide bonds. The van der Waals surface area contributed by atoms with Crippen molar-refractivity contribution in [1.29, 1.82) is 0 Å². The van der Waals surface area contributed by atoms with Gasteiger partial charge in [-0.25, -0.2) is 0 Å². The molecule has 8 nitrogen and oxygen atoms in total. The van der Waals surface area contributed by atoms with Crippen molar-refractivity contribution in [3.05, 3.63) is 63.1 Å². The topological polar surface area (TPSA) is 114 Å². The number of furan rings is 1. The molecule has 2 N–H and O–H groups in total. The highest BCUT2D eigenvalue weighted by molar-refractivity contribution is 6.32. The minimum Gasteiger partial charge on any atom is -0.467 e. The van der Waals surface area contributed by atoms with Gasteiger partial charge in [-0.2, -0.15) is 0 Å². The third-order valence-electron chi connectivity index (χ3n) is 3.16. The Balaban J connectivity index is 1.96. The van der Waals surface area contributed by atoms with Crippen molar-refractivity contribution in [2.75, 3.05) is 0 Å². The Hall–Kier alpha value is -2.87. The molecule has 126 valence electrons. The average Bonchev–Trinajstić information content (AvgIpc) is 3.05. The number of nitrogens with one attached hydrogen (secondary N) is 2. The van der Waals surface area contributed by atoms with Crippen LogP contribution in [0.1, 0.15) is 23.0 Å². The number of rotatable bonds is 6. The van der Waals surface area contributed by atoms with Crippen LogP contribution in [-0.2, 0) is 11.3 Å². The van der Waals surface area contributed by atoms with Crippen molar-refractivity contribution in [1.82, 2.24) is 10.6 Å². The normalized spacial score (nSPS) is 11.6. The van der Waals surface area contributed by atoms with Gasteiger partial charge in [0.2, 0.25) is 5.91 Å². The lowest BCUT2D eigenvalue weighted by Crippen LogP contribution is -2.44. The Morgan fingerprint density at radius 1 is 1.38 bits per heavy atom. The van der Waals surface area contributed by atoms with Crippen LogP contribution in [0.2, 0.25) is 5.02 Å². The van der Waals surface area contributed by atoms with Crippen molar-refractivity contribution in [2.45, 2.75) is 19.5 Å². The lowest BCUT2D eigenvalue weighted by molar-refractivity contribution is -0.384. The highest BCUT2D eigenvalue weighted by atomic mass is 35.5. The molecule has 1 aromatic carbocycles. The molecule has 0 spiro atoms. The van der Waals surface area contributed by atoms with Crippen LogP contribution in [0.4, 0.5) is 5.69 Å². The predicted octanol–water partition coefficient (Wildman–Crippen LogP) is 2.28. The summed E-state index contributed by atoms with van der Waals surface area (Å²) in [6.45, 7) is 1.69. The number of carbonyl (C=O) groups excluding carboxylic acids is 2. The van der Waals surface area contributed by atoms with E-state index in [-0.39, 0.29) is 22.8 Å². The number of hydrogen-bond donors (Lipinski definition) is 2. The number of nitrogens with zero attached hydrogens (tertiary/aromatic N) is 1. The number of nitro groups is 1. The first-order valence-electron chi connectivity index (χ1n) is 6.93. The van der Waals surface area contributed by atoms with E-state index < -0.39 is 22.8 Å². The SMILES string of the molecule is CC(NC(=O)c1ccc(Cl)c([N+](=O)[O-])c1)C(=O)NCc1ccco1. The molecule has 0 saturated heterocycles. The minimum atomic E-state index is -0.831. The standard InChI is InChI=1S/C15H14ClN3O5/c1-9(14(20)17-8-11-3-2-6-24-11)18-15(21)10-4-5-12(16)13(7-10)19(22)23/h2-7,9H,8H2,1H3,(H,17,20)(H,18,21). The van der Waals surface area contributed by atoms with Gasteiger partial charge in [-0.1, -0.05) is 11.6 Å². The van der Waals surface area contributed by atoms with Gasteiger partial charge in [-0.15, -0.1) is 0 Å². The number of benzene rings is 1. The van der Waals surface area contributed by atoms with E-state index in [0.29, 0.717) is 5.76 Å². The number of nitro benzene ring substituents is 1. The third-order valence-corrected chi connectivity index (χ3v) is 3.48. The molecule has 0 saturated carbocycles. The summed E-state index contributed by atoms with van der Waals surface area (Å²) in [6.07, 6.45) is 1.49. The molecule has 24 heavy (non-hydrogen) atoms. The molecule has 1 atom stereocenters. The zero-order valence-electron chi connectivity index (χ0n) is 12.6. The van der Waals surface area contributed by atoms with Gasteiger partial charge in [0, 0.05) is 11.6 Å². The van der Waals surface area contributed by atoms with Crippen molar-refractivity contribution in [3.8, 4) is 0 Å². The molecule has 9 heteroatoms. The molecule has 1 aromatic heterocycles. The molecule has 0 aliphatic heterocycles. The van der Waals surface area contributed by atoms with E-state index >= 15 is 0 Å². The van der Waals surface area contributed by atoms with E-state index in [1.807, 2.05) is 0 Å². The first-order valence-corrected chi connectivity index (χ1v) is 7.31. The van der Waals surface area contributed by atoms with Gasteiger partial charge in [-0.05, 0) is 31.2 Å². The molecule has 1 heterocycles. The Labute approximate surface area is 141 Å². The zero-order valence-corrected chi connectivity index (χ0v) is 13.4. The van der Waals surface area contributed by atoms with Gasteiger partial charge in [0.1, 0.15) is 16.8 Å². The summed E-state index contributed by atoms with van der Waals surface area (Å²) in [6, 6.07) is 6.23. The van der Waals surface area contributed by atoms with Gasteiger partial charge < -0.3 is 15.1 Å². The fourth-order valence-electron chi connectivity index (χ4n) is 1.88. The second-order valence-electron chi connectivity index (χ2n) is 4.92. The van der Waals surface area contributed by atoms with Crippen LogP contribution in [-0.4, -0.2) is 22.8 Å². The highest BCUT2D eigenvalue weighted by Gasteiger charge is 2.20.